The molecule has 1 unspecified atom stereocenters. The van der Waals surface area contributed by atoms with Crippen LogP contribution >= 0.6 is 11.6 Å². The molecule has 5 heteroatoms. The van der Waals surface area contributed by atoms with Gasteiger partial charge in [-0.2, -0.15) is 5.26 Å². The topological polar surface area (TPSA) is 73.1 Å². The Morgan fingerprint density at radius 3 is 2.83 bits per heavy atom. The van der Waals surface area contributed by atoms with Crippen molar-refractivity contribution in [2.75, 3.05) is 5.32 Å². The zero-order valence-corrected chi connectivity index (χ0v) is 10.4. The highest BCUT2D eigenvalue weighted by Gasteiger charge is 2.29. The number of nitrogens with zero attached hydrogens (tertiary/aromatic N) is 1. The summed E-state index contributed by atoms with van der Waals surface area (Å²) in [7, 11) is 0. The van der Waals surface area contributed by atoms with Crippen LogP contribution in [0.15, 0.2) is 18.2 Å². The van der Waals surface area contributed by atoms with Crippen LogP contribution in [0.25, 0.3) is 0 Å². The van der Waals surface area contributed by atoms with E-state index in [1.54, 1.807) is 18.2 Å². The Hall–Kier alpha value is -1.73. The zero-order chi connectivity index (χ0) is 13.1. The van der Waals surface area contributed by atoms with E-state index in [-0.39, 0.29) is 0 Å². The molecule has 1 atom stereocenters. The van der Waals surface area contributed by atoms with E-state index in [0.717, 1.165) is 12.8 Å². The Balaban J connectivity index is 2.08. The summed E-state index contributed by atoms with van der Waals surface area (Å²) in [5.41, 5.74) is 1.02. The molecule has 0 bridgehead atoms. The number of benzene rings is 1. The van der Waals surface area contributed by atoms with Crippen molar-refractivity contribution in [3.05, 3.63) is 28.8 Å². The second kappa shape index (κ2) is 5.28. The fourth-order valence-electron chi connectivity index (χ4n) is 1.81. The number of carbonyl (C=O) groups is 1. The summed E-state index contributed by atoms with van der Waals surface area (Å²) < 4.78 is 0. The summed E-state index contributed by atoms with van der Waals surface area (Å²) >= 11 is 5.90. The minimum absolute atomic E-state index is 0.332. The zero-order valence-electron chi connectivity index (χ0n) is 9.69. The summed E-state index contributed by atoms with van der Waals surface area (Å²) in [6, 6.07) is 6.21. The van der Waals surface area contributed by atoms with Gasteiger partial charge >= 0.3 is 5.97 Å². The van der Waals surface area contributed by atoms with Crippen LogP contribution in [0.2, 0.25) is 5.02 Å². The predicted octanol–water partition coefficient (Wildman–Crippen LogP) is 2.88. The van der Waals surface area contributed by atoms with Crippen molar-refractivity contribution >= 4 is 23.3 Å². The first-order valence-electron chi connectivity index (χ1n) is 5.79. The van der Waals surface area contributed by atoms with Crippen LogP contribution in [0.5, 0.6) is 0 Å². The highest BCUT2D eigenvalue weighted by Crippen LogP contribution is 2.34. The van der Waals surface area contributed by atoms with E-state index in [0.29, 0.717) is 28.6 Å². The van der Waals surface area contributed by atoms with Crippen molar-refractivity contribution in [3.63, 3.8) is 0 Å². The van der Waals surface area contributed by atoms with Gasteiger partial charge in [-0.05, 0) is 30.5 Å². The number of aliphatic carboxylic acids is 1. The van der Waals surface area contributed by atoms with Crippen molar-refractivity contribution in [3.8, 4) is 6.07 Å². The fourth-order valence-corrected chi connectivity index (χ4v) is 2.03. The molecule has 2 rings (SSSR count). The molecular weight excluding hydrogens is 252 g/mol. The number of rotatable bonds is 5. The number of hydrogen-bond acceptors (Lipinski definition) is 3. The summed E-state index contributed by atoms with van der Waals surface area (Å²) in [6.07, 6.45) is 2.85. The summed E-state index contributed by atoms with van der Waals surface area (Å²) in [5, 5.41) is 21.2. The first-order valence-corrected chi connectivity index (χ1v) is 6.17. The van der Waals surface area contributed by atoms with E-state index in [2.05, 4.69) is 5.32 Å². The number of carboxylic acids is 1. The average Bonchev–Trinajstić information content (AvgIpc) is 3.12. The normalized spacial score (nSPS) is 15.8. The standard InChI is InChI=1S/C13H13ClN2O2/c14-11-6-10(4-3-9(11)7-15)16-12(13(17)18)5-8-1-2-8/h3-4,6,8,12,16H,1-2,5H2,(H,17,18). The van der Waals surface area contributed by atoms with Crippen LogP contribution < -0.4 is 5.32 Å². The van der Waals surface area contributed by atoms with E-state index >= 15 is 0 Å². The Morgan fingerprint density at radius 1 is 1.61 bits per heavy atom. The van der Waals surface area contributed by atoms with Gasteiger partial charge in [-0.25, -0.2) is 4.79 Å². The lowest BCUT2D eigenvalue weighted by atomic mass is 10.1. The quantitative estimate of drug-likeness (QED) is 0.858. The predicted molar refractivity (Wildman–Crippen MR) is 68.6 cm³/mol. The van der Waals surface area contributed by atoms with Crippen LogP contribution in [0.1, 0.15) is 24.8 Å². The number of hydrogen-bond donors (Lipinski definition) is 2. The molecule has 94 valence electrons. The molecule has 1 aliphatic rings. The van der Waals surface area contributed by atoms with Crippen molar-refractivity contribution in [2.45, 2.75) is 25.3 Å². The number of nitrogens with one attached hydrogen (secondary N) is 1. The molecule has 0 saturated heterocycles. The molecule has 0 amide bonds. The molecule has 2 N–H and O–H groups in total. The van der Waals surface area contributed by atoms with Crippen molar-refractivity contribution in [2.24, 2.45) is 5.92 Å². The van der Waals surface area contributed by atoms with Gasteiger partial charge in [0.1, 0.15) is 12.1 Å². The second-order valence-corrected chi connectivity index (χ2v) is 4.93. The van der Waals surface area contributed by atoms with Crippen molar-refractivity contribution in [1.29, 1.82) is 5.26 Å². The Bertz CT molecular complexity index is 506. The van der Waals surface area contributed by atoms with Crippen molar-refractivity contribution < 1.29 is 9.90 Å². The van der Waals surface area contributed by atoms with Crippen LogP contribution in [-0.4, -0.2) is 17.1 Å². The minimum Gasteiger partial charge on any atom is -0.480 e. The highest BCUT2D eigenvalue weighted by atomic mass is 35.5. The van der Waals surface area contributed by atoms with Gasteiger partial charge in [0.05, 0.1) is 10.6 Å². The van der Waals surface area contributed by atoms with E-state index in [9.17, 15) is 4.79 Å². The molecule has 0 spiro atoms. The third-order valence-corrected chi connectivity index (χ3v) is 3.31. The molecular formula is C13H13ClN2O2. The fraction of sp³-hybridized carbons (Fsp3) is 0.385. The van der Waals surface area contributed by atoms with Crippen molar-refractivity contribution in [1.82, 2.24) is 0 Å². The number of nitriles is 1. The number of anilines is 1. The maximum absolute atomic E-state index is 11.1. The summed E-state index contributed by atoms with van der Waals surface area (Å²) in [6.45, 7) is 0. The van der Waals surface area contributed by atoms with E-state index in [1.807, 2.05) is 6.07 Å². The molecule has 1 aromatic carbocycles. The summed E-state index contributed by atoms with van der Waals surface area (Å²) in [4.78, 5) is 11.1. The lowest BCUT2D eigenvalue weighted by Gasteiger charge is -2.15. The van der Waals surface area contributed by atoms with Gasteiger partial charge in [-0.15, -0.1) is 0 Å². The lowest BCUT2D eigenvalue weighted by molar-refractivity contribution is -0.138. The van der Waals surface area contributed by atoms with Crippen LogP contribution in [0.3, 0.4) is 0 Å². The molecule has 1 fully saturated rings. The smallest absolute Gasteiger partial charge is 0.326 e. The SMILES string of the molecule is N#Cc1ccc(NC(CC2CC2)C(=O)O)cc1Cl. The van der Waals surface area contributed by atoms with Gasteiger partial charge in [-0.3, -0.25) is 0 Å². The van der Waals surface area contributed by atoms with Gasteiger partial charge in [-0.1, -0.05) is 24.4 Å². The molecule has 0 aromatic heterocycles. The molecule has 0 aliphatic heterocycles. The largest absolute Gasteiger partial charge is 0.480 e. The minimum atomic E-state index is -0.859. The molecule has 0 radical (unpaired) electrons. The highest BCUT2D eigenvalue weighted by molar-refractivity contribution is 6.32. The molecule has 0 heterocycles. The number of carboxylic acid groups (broad SMARTS) is 1. The maximum Gasteiger partial charge on any atom is 0.326 e. The third-order valence-electron chi connectivity index (χ3n) is 2.99. The Kier molecular flexibility index (Phi) is 3.73. The van der Waals surface area contributed by atoms with Crippen LogP contribution in [-0.2, 0) is 4.79 Å². The van der Waals surface area contributed by atoms with Gasteiger partial charge in [0.2, 0.25) is 0 Å². The van der Waals surface area contributed by atoms with Crippen LogP contribution in [0, 0.1) is 17.2 Å². The first kappa shape index (κ1) is 12.7. The molecule has 4 nitrogen and oxygen atoms in total. The third kappa shape index (κ3) is 3.14. The van der Waals surface area contributed by atoms with E-state index < -0.39 is 12.0 Å². The summed E-state index contributed by atoms with van der Waals surface area (Å²) in [5.74, 6) is -0.338. The molecule has 1 aromatic rings. The average molecular weight is 265 g/mol. The molecule has 18 heavy (non-hydrogen) atoms. The lowest BCUT2D eigenvalue weighted by Crippen LogP contribution is -2.29. The first-order chi connectivity index (χ1) is 8.60. The molecule has 1 aliphatic carbocycles. The van der Waals surface area contributed by atoms with Crippen LogP contribution in [0.4, 0.5) is 5.69 Å². The van der Waals surface area contributed by atoms with Gasteiger partial charge in [0.15, 0.2) is 0 Å². The van der Waals surface area contributed by atoms with Gasteiger partial charge < -0.3 is 10.4 Å². The Morgan fingerprint density at radius 2 is 2.33 bits per heavy atom. The Labute approximate surface area is 110 Å². The van der Waals surface area contributed by atoms with E-state index in [1.165, 1.54) is 0 Å². The maximum atomic E-state index is 11.1. The monoisotopic (exact) mass is 264 g/mol. The number of halogens is 1. The van der Waals surface area contributed by atoms with E-state index in [4.69, 9.17) is 22.0 Å². The molecule has 1 saturated carbocycles. The van der Waals surface area contributed by atoms with Gasteiger partial charge in [0.25, 0.3) is 0 Å². The van der Waals surface area contributed by atoms with Gasteiger partial charge in [0, 0.05) is 5.69 Å². The second-order valence-electron chi connectivity index (χ2n) is 4.52.